The summed E-state index contributed by atoms with van der Waals surface area (Å²) in [4.78, 5) is 11.7. The molecule has 0 aromatic heterocycles. The van der Waals surface area contributed by atoms with Crippen molar-refractivity contribution in [1.29, 1.82) is 0 Å². The first-order valence-corrected chi connectivity index (χ1v) is 6.20. The normalized spacial score (nSPS) is 16.5. The van der Waals surface area contributed by atoms with Crippen molar-refractivity contribution in [3.05, 3.63) is 29.8 Å². The number of esters is 1. The first kappa shape index (κ1) is 13.8. The highest BCUT2D eigenvalue weighted by molar-refractivity contribution is 5.78. The Morgan fingerprint density at radius 3 is 2.68 bits per heavy atom. The summed E-state index contributed by atoms with van der Waals surface area (Å²) in [6.07, 6.45) is 0. The number of methoxy groups -OCH3 is 2. The van der Waals surface area contributed by atoms with E-state index in [9.17, 15) is 4.79 Å². The minimum atomic E-state index is -0.531. The Kier molecular flexibility index (Phi) is 4.39. The van der Waals surface area contributed by atoms with Gasteiger partial charge in [0.15, 0.2) is 0 Å². The van der Waals surface area contributed by atoms with Gasteiger partial charge in [0, 0.05) is 18.7 Å². The Hall–Kier alpha value is -1.59. The second kappa shape index (κ2) is 6.04. The summed E-state index contributed by atoms with van der Waals surface area (Å²) in [7, 11) is 3.05. The van der Waals surface area contributed by atoms with Gasteiger partial charge in [-0.2, -0.15) is 0 Å². The Labute approximate surface area is 112 Å². The van der Waals surface area contributed by atoms with Crippen LogP contribution in [0.3, 0.4) is 0 Å². The molecule has 1 saturated heterocycles. The highest BCUT2D eigenvalue weighted by Crippen LogP contribution is 2.28. The molecule has 19 heavy (non-hydrogen) atoms. The molecule has 0 unspecified atom stereocenters. The SMILES string of the molecule is COC(=O)C1(CNCc2ccccc2OC)COC1. The van der Waals surface area contributed by atoms with Crippen molar-refractivity contribution >= 4 is 5.97 Å². The first-order valence-electron chi connectivity index (χ1n) is 6.20. The van der Waals surface area contributed by atoms with Crippen LogP contribution in [-0.4, -0.2) is 39.9 Å². The summed E-state index contributed by atoms with van der Waals surface area (Å²) < 4.78 is 15.2. The van der Waals surface area contributed by atoms with Gasteiger partial charge in [-0.25, -0.2) is 0 Å². The molecular weight excluding hydrogens is 246 g/mol. The number of hydrogen-bond acceptors (Lipinski definition) is 5. The van der Waals surface area contributed by atoms with Crippen LogP contribution in [0.15, 0.2) is 24.3 Å². The minimum Gasteiger partial charge on any atom is -0.496 e. The molecule has 5 heteroatoms. The zero-order valence-corrected chi connectivity index (χ0v) is 11.3. The molecule has 0 atom stereocenters. The van der Waals surface area contributed by atoms with Crippen LogP contribution in [0.25, 0.3) is 0 Å². The average Bonchev–Trinajstić information content (AvgIpc) is 2.41. The predicted octanol–water partition coefficient (Wildman–Crippen LogP) is 0.974. The van der Waals surface area contributed by atoms with Gasteiger partial charge in [-0.05, 0) is 6.07 Å². The molecule has 0 radical (unpaired) electrons. The standard InChI is InChI=1S/C14H19NO4/c1-17-12-6-4-3-5-11(12)7-15-8-14(9-19-10-14)13(16)18-2/h3-6,15H,7-10H2,1-2H3. The third-order valence-electron chi connectivity index (χ3n) is 3.35. The molecule has 2 rings (SSSR count). The van der Waals surface area contributed by atoms with Gasteiger partial charge in [0.1, 0.15) is 11.2 Å². The predicted molar refractivity (Wildman–Crippen MR) is 70.0 cm³/mol. The molecule has 0 saturated carbocycles. The van der Waals surface area contributed by atoms with Crippen LogP contribution in [0.5, 0.6) is 5.75 Å². The number of nitrogens with one attached hydrogen (secondary N) is 1. The molecule has 1 aliphatic rings. The van der Waals surface area contributed by atoms with Crippen LogP contribution >= 0.6 is 0 Å². The van der Waals surface area contributed by atoms with E-state index < -0.39 is 5.41 Å². The fourth-order valence-electron chi connectivity index (χ4n) is 2.14. The molecule has 1 aliphatic heterocycles. The maximum atomic E-state index is 11.7. The lowest BCUT2D eigenvalue weighted by Gasteiger charge is -2.38. The van der Waals surface area contributed by atoms with Gasteiger partial charge in [-0.15, -0.1) is 0 Å². The molecule has 104 valence electrons. The van der Waals surface area contributed by atoms with Gasteiger partial charge in [0.25, 0.3) is 0 Å². The van der Waals surface area contributed by atoms with Gasteiger partial charge in [0.05, 0.1) is 27.4 Å². The minimum absolute atomic E-state index is 0.216. The fraction of sp³-hybridized carbons (Fsp3) is 0.500. The van der Waals surface area contributed by atoms with Crippen LogP contribution in [-0.2, 0) is 20.8 Å². The van der Waals surface area contributed by atoms with E-state index >= 15 is 0 Å². The number of carbonyl (C=O) groups excluding carboxylic acids is 1. The van der Waals surface area contributed by atoms with Gasteiger partial charge >= 0.3 is 5.97 Å². The molecule has 1 heterocycles. The van der Waals surface area contributed by atoms with E-state index in [1.807, 2.05) is 24.3 Å². The zero-order valence-electron chi connectivity index (χ0n) is 11.3. The second-order valence-corrected chi connectivity index (χ2v) is 4.68. The molecule has 1 N–H and O–H groups in total. The first-order chi connectivity index (χ1) is 9.22. The third-order valence-corrected chi connectivity index (χ3v) is 3.35. The molecule has 0 spiro atoms. The highest BCUT2D eigenvalue weighted by Gasteiger charge is 2.46. The second-order valence-electron chi connectivity index (χ2n) is 4.68. The molecule has 1 aromatic carbocycles. The van der Waals surface area contributed by atoms with E-state index in [1.54, 1.807) is 7.11 Å². The largest absolute Gasteiger partial charge is 0.496 e. The topological polar surface area (TPSA) is 56.8 Å². The molecular formula is C14H19NO4. The summed E-state index contributed by atoms with van der Waals surface area (Å²) in [5.74, 6) is 0.623. The molecule has 0 amide bonds. The number of hydrogen-bond donors (Lipinski definition) is 1. The summed E-state index contributed by atoms with van der Waals surface area (Å²) in [6, 6.07) is 7.80. The number of rotatable bonds is 6. The van der Waals surface area contributed by atoms with Crippen molar-refractivity contribution in [2.24, 2.45) is 5.41 Å². The number of ether oxygens (including phenoxy) is 3. The van der Waals surface area contributed by atoms with E-state index in [4.69, 9.17) is 14.2 Å². The number of carbonyl (C=O) groups is 1. The molecule has 0 aliphatic carbocycles. The van der Waals surface area contributed by atoms with Crippen molar-refractivity contribution in [2.45, 2.75) is 6.54 Å². The molecule has 1 fully saturated rings. The lowest BCUT2D eigenvalue weighted by Crippen LogP contribution is -2.55. The Morgan fingerprint density at radius 2 is 2.11 bits per heavy atom. The van der Waals surface area contributed by atoms with Crippen molar-refractivity contribution < 1.29 is 19.0 Å². The van der Waals surface area contributed by atoms with Gasteiger partial charge in [-0.1, -0.05) is 18.2 Å². The number of benzene rings is 1. The highest BCUT2D eigenvalue weighted by atomic mass is 16.5. The summed E-state index contributed by atoms with van der Waals surface area (Å²) in [5.41, 5.74) is 0.529. The summed E-state index contributed by atoms with van der Waals surface area (Å²) in [5, 5.41) is 3.27. The Balaban J connectivity index is 1.91. The summed E-state index contributed by atoms with van der Waals surface area (Å²) in [6.45, 7) is 2.01. The van der Waals surface area contributed by atoms with Gasteiger partial charge < -0.3 is 19.5 Å². The van der Waals surface area contributed by atoms with Gasteiger partial charge in [-0.3, -0.25) is 4.79 Å². The quantitative estimate of drug-likeness (QED) is 0.777. The van der Waals surface area contributed by atoms with Crippen LogP contribution in [0, 0.1) is 5.41 Å². The average molecular weight is 265 g/mol. The van der Waals surface area contributed by atoms with Crippen LogP contribution in [0.2, 0.25) is 0 Å². The van der Waals surface area contributed by atoms with Crippen molar-refractivity contribution in [2.75, 3.05) is 34.0 Å². The molecule has 1 aromatic rings. The van der Waals surface area contributed by atoms with Crippen LogP contribution in [0.1, 0.15) is 5.56 Å². The van der Waals surface area contributed by atoms with E-state index in [-0.39, 0.29) is 5.97 Å². The van der Waals surface area contributed by atoms with E-state index in [0.29, 0.717) is 26.3 Å². The van der Waals surface area contributed by atoms with Crippen molar-refractivity contribution in [1.82, 2.24) is 5.32 Å². The molecule has 0 bridgehead atoms. The van der Waals surface area contributed by atoms with Crippen LogP contribution in [0.4, 0.5) is 0 Å². The lowest BCUT2D eigenvalue weighted by molar-refractivity contribution is -0.182. The number of para-hydroxylation sites is 1. The summed E-state index contributed by atoms with van der Waals surface area (Å²) >= 11 is 0. The fourth-order valence-corrected chi connectivity index (χ4v) is 2.14. The Bertz CT molecular complexity index is 443. The third kappa shape index (κ3) is 2.88. The smallest absolute Gasteiger partial charge is 0.317 e. The van der Waals surface area contributed by atoms with Crippen LogP contribution < -0.4 is 10.1 Å². The van der Waals surface area contributed by atoms with Crippen molar-refractivity contribution in [3.8, 4) is 5.75 Å². The van der Waals surface area contributed by atoms with E-state index in [0.717, 1.165) is 11.3 Å². The van der Waals surface area contributed by atoms with Crippen molar-refractivity contribution in [3.63, 3.8) is 0 Å². The Morgan fingerprint density at radius 1 is 1.37 bits per heavy atom. The maximum absolute atomic E-state index is 11.7. The maximum Gasteiger partial charge on any atom is 0.317 e. The monoisotopic (exact) mass is 265 g/mol. The zero-order chi connectivity index (χ0) is 13.7. The van der Waals surface area contributed by atoms with E-state index in [1.165, 1.54) is 7.11 Å². The molecule has 5 nitrogen and oxygen atoms in total. The van der Waals surface area contributed by atoms with E-state index in [2.05, 4.69) is 5.32 Å². The lowest BCUT2D eigenvalue weighted by atomic mass is 9.86. The van der Waals surface area contributed by atoms with Gasteiger partial charge in [0.2, 0.25) is 0 Å².